The standard InChI is InChI=1S/C17H21NO7S/c1-9-14(23-10(2)19)15(24-11(3)20)16(25-12(4)21)17(22-9)26-13-7-5-6-8-18-13/h5-9,14-17H,1-4H3/t9-,14+,15+,16-,17+/m0/s1. The summed E-state index contributed by atoms with van der Waals surface area (Å²) in [6.45, 7) is 5.41. The molecule has 0 aromatic carbocycles. The summed E-state index contributed by atoms with van der Waals surface area (Å²) in [5.41, 5.74) is -0.694. The third-order valence-corrected chi connectivity index (χ3v) is 4.60. The van der Waals surface area contributed by atoms with Crippen molar-refractivity contribution in [2.24, 2.45) is 0 Å². The highest BCUT2D eigenvalue weighted by molar-refractivity contribution is 7.99. The fourth-order valence-corrected chi connectivity index (χ4v) is 3.69. The summed E-state index contributed by atoms with van der Waals surface area (Å²) in [6, 6.07) is 5.37. The maximum absolute atomic E-state index is 11.6. The molecule has 0 spiro atoms. The van der Waals surface area contributed by atoms with E-state index in [2.05, 4.69) is 4.98 Å². The van der Waals surface area contributed by atoms with Crippen LogP contribution in [-0.2, 0) is 33.3 Å². The van der Waals surface area contributed by atoms with Gasteiger partial charge in [0.25, 0.3) is 0 Å². The average Bonchev–Trinajstić information content (AvgIpc) is 2.54. The Morgan fingerprint density at radius 1 is 0.962 bits per heavy atom. The van der Waals surface area contributed by atoms with Crippen LogP contribution in [0.4, 0.5) is 0 Å². The fourth-order valence-electron chi connectivity index (χ4n) is 2.60. The van der Waals surface area contributed by atoms with Crippen LogP contribution in [0.15, 0.2) is 29.4 Å². The summed E-state index contributed by atoms with van der Waals surface area (Å²) in [7, 11) is 0. The van der Waals surface area contributed by atoms with Crippen LogP contribution in [0.5, 0.6) is 0 Å². The molecule has 1 saturated heterocycles. The first kappa shape index (κ1) is 20.2. The Morgan fingerprint density at radius 2 is 1.54 bits per heavy atom. The molecule has 0 saturated carbocycles. The number of esters is 3. The number of carbonyl (C=O) groups excluding carboxylic acids is 3. The van der Waals surface area contributed by atoms with Crippen LogP contribution in [0.3, 0.4) is 0 Å². The van der Waals surface area contributed by atoms with E-state index in [4.69, 9.17) is 18.9 Å². The monoisotopic (exact) mass is 383 g/mol. The molecule has 0 unspecified atom stereocenters. The molecule has 8 nitrogen and oxygen atoms in total. The van der Waals surface area contributed by atoms with Gasteiger partial charge in [-0.05, 0) is 19.1 Å². The molecule has 2 rings (SSSR count). The van der Waals surface area contributed by atoms with Gasteiger partial charge in [-0.25, -0.2) is 4.98 Å². The topological polar surface area (TPSA) is 101 Å². The number of nitrogens with zero attached hydrogens (tertiary/aromatic N) is 1. The second-order valence-corrected chi connectivity index (χ2v) is 6.84. The van der Waals surface area contributed by atoms with Gasteiger partial charge in [-0.15, -0.1) is 0 Å². The molecule has 26 heavy (non-hydrogen) atoms. The zero-order chi connectivity index (χ0) is 19.3. The van der Waals surface area contributed by atoms with Crippen LogP contribution in [0, 0.1) is 0 Å². The number of thioether (sulfide) groups is 1. The number of aromatic nitrogens is 1. The van der Waals surface area contributed by atoms with E-state index in [0.29, 0.717) is 5.03 Å². The summed E-state index contributed by atoms with van der Waals surface area (Å²) in [4.78, 5) is 38.8. The van der Waals surface area contributed by atoms with E-state index in [0.717, 1.165) is 0 Å². The third-order valence-electron chi connectivity index (χ3n) is 3.51. The molecular weight excluding hydrogens is 362 g/mol. The van der Waals surface area contributed by atoms with Crippen molar-refractivity contribution in [3.8, 4) is 0 Å². The van der Waals surface area contributed by atoms with Gasteiger partial charge < -0.3 is 18.9 Å². The quantitative estimate of drug-likeness (QED) is 0.555. The summed E-state index contributed by atoms with van der Waals surface area (Å²) < 4.78 is 21.9. The third kappa shape index (κ3) is 5.43. The van der Waals surface area contributed by atoms with E-state index >= 15 is 0 Å². The van der Waals surface area contributed by atoms with Crippen LogP contribution < -0.4 is 0 Å². The predicted octanol–water partition coefficient (Wildman–Crippen LogP) is 1.71. The number of hydrogen-bond donors (Lipinski definition) is 0. The van der Waals surface area contributed by atoms with Gasteiger partial charge in [0.15, 0.2) is 18.3 Å². The zero-order valence-corrected chi connectivity index (χ0v) is 15.7. The van der Waals surface area contributed by atoms with Gasteiger partial charge in [-0.2, -0.15) is 0 Å². The number of ether oxygens (including phenoxy) is 4. The molecular formula is C17H21NO7S. The molecule has 1 fully saturated rings. The van der Waals surface area contributed by atoms with Crippen molar-refractivity contribution in [2.45, 2.75) is 62.6 Å². The van der Waals surface area contributed by atoms with E-state index in [9.17, 15) is 14.4 Å². The molecule has 9 heteroatoms. The average molecular weight is 383 g/mol. The van der Waals surface area contributed by atoms with Crippen LogP contribution in [0.2, 0.25) is 0 Å². The van der Waals surface area contributed by atoms with Crippen molar-refractivity contribution in [3.63, 3.8) is 0 Å². The smallest absolute Gasteiger partial charge is 0.303 e. The Bertz CT molecular complexity index is 654. The molecule has 142 valence electrons. The van der Waals surface area contributed by atoms with Crippen molar-refractivity contribution in [1.82, 2.24) is 4.98 Å². The van der Waals surface area contributed by atoms with Gasteiger partial charge in [0.2, 0.25) is 0 Å². The van der Waals surface area contributed by atoms with Crippen molar-refractivity contribution < 1.29 is 33.3 Å². The van der Waals surface area contributed by atoms with E-state index in [1.165, 1.54) is 32.5 Å². The molecule has 2 heterocycles. The molecule has 0 bridgehead atoms. The van der Waals surface area contributed by atoms with Gasteiger partial charge in [0.1, 0.15) is 5.44 Å². The van der Waals surface area contributed by atoms with Crippen LogP contribution in [0.25, 0.3) is 0 Å². The van der Waals surface area contributed by atoms with Crippen LogP contribution >= 0.6 is 11.8 Å². The number of hydrogen-bond acceptors (Lipinski definition) is 9. The molecule has 1 aliphatic heterocycles. The van der Waals surface area contributed by atoms with Crippen LogP contribution in [-0.4, -0.2) is 52.7 Å². The second kappa shape index (κ2) is 9.00. The summed E-state index contributed by atoms with van der Waals surface area (Å²) in [5.74, 6) is -1.71. The summed E-state index contributed by atoms with van der Waals surface area (Å²) in [5, 5.41) is 0.648. The van der Waals surface area contributed by atoms with Crippen LogP contribution in [0.1, 0.15) is 27.7 Å². The lowest BCUT2D eigenvalue weighted by atomic mass is 10.00. The maximum Gasteiger partial charge on any atom is 0.303 e. The second-order valence-electron chi connectivity index (χ2n) is 5.72. The zero-order valence-electron chi connectivity index (χ0n) is 14.9. The lowest BCUT2D eigenvalue weighted by molar-refractivity contribution is -0.229. The molecule has 5 atom stereocenters. The molecule has 1 aliphatic rings. The minimum Gasteiger partial charge on any atom is -0.456 e. The van der Waals surface area contributed by atoms with E-state index in [-0.39, 0.29) is 0 Å². The predicted molar refractivity (Wildman–Crippen MR) is 91.1 cm³/mol. The van der Waals surface area contributed by atoms with Gasteiger partial charge in [-0.1, -0.05) is 17.8 Å². The van der Waals surface area contributed by atoms with E-state index in [1.54, 1.807) is 25.3 Å². The van der Waals surface area contributed by atoms with E-state index < -0.39 is 47.8 Å². The lowest BCUT2D eigenvalue weighted by Gasteiger charge is -2.43. The number of pyridine rings is 1. The van der Waals surface area contributed by atoms with Gasteiger partial charge in [0, 0.05) is 27.0 Å². The summed E-state index contributed by atoms with van der Waals surface area (Å²) >= 11 is 1.23. The number of carbonyl (C=O) groups is 3. The highest BCUT2D eigenvalue weighted by Crippen LogP contribution is 2.36. The van der Waals surface area contributed by atoms with Crippen molar-refractivity contribution in [1.29, 1.82) is 0 Å². The van der Waals surface area contributed by atoms with Gasteiger partial charge >= 0.3 is 17.9 Å². The maximum atomic E-state index is 11.6. The lowest BCUT2D eigenvalue weighted by Crippen LogP contribution is -2.59. The molecule has 0 radical (unpaired) electrons. The molecule has 0 N–H and O–H groups in total. The van der Waals surface area contributed by atoms with Gasteiger partial charge in [0.05, 0.1) is 11.1 Å². The van der Waals surface area contributed by atoms with Crippen molar-refractivity contribution in [2.75, 3.05) is 0 Å². The fraction of sp³-hybridized carbons (Fsp3) is 0.529. The van der Waals surface area contributed by atoms with E-state index in [1.807, 2.05) is 6.07 Å². The first-order chi connectivity index (χ1) is 12.3. The first-order valence-electron chi connectivity index (χ1n) is 8.02. The SMILES string of the molecule is CC(=O)O[C@@H]1[C@H](OC(C)=O)[C@H](C)O[C@H](Sc2ccccn2)[C@H]1OC(C)=O. The Morgan fingerprint density at radius 3 is 2.08 bits per heavy atom. The summed E-state index contributed by atoms with van der Waals surface area (Å²) in [6.07, 6.45) is -1.83. The Hall–Kier alpha value is -2.13. The number of rotatable bonds is 5. The Kier molecular flexibility index (Phi) is 6.98. The first-order valence-corrected chi connectivity index (χ1v) is 8.90. The largest absolute Gasteiger partial charge is 0.456 e. The molecule has 0 amide bonds. The molecule has 1 aromatic heterocycles. The molecule has 0 aliphatic carbocycles. The minimum atomic E-state index is -0.995. The highest BCUT2D eigenvalue weighted by atomic mass is 32.2. The van der Waals surface area contributed by atoms with Crippen molar-refractivity contribution in [3.05, 3.63) is 24.4 Å². The minimum absolute atomic E-state index is 0.556. The molecule has 1 aromatic rings. The normalized spacial score (nSPS) is 28.1. The Labute approximate surface area is 155 Å². The van der Waals surface area contributed by atoms with Gasteiger partial charge in [-0.3, -0.25) is 14.4 Å². The highest BCUT2D eigenvalue weighted by Gasteiger charge is 2.50. The Balaban J connectivity index is 2.33. The van der Waals surface area contributed by atoms with Crippen molar-refractivity contribution >= 4 is 29.7 Å².